The minimum absolute atomic E-state index is 0.870. The molecule has 0 heterocycles. The van der Waals surface area contributed by atoms with Gasteiger partial charge in [0, 0.05) is 0 Å². The molecule has 0 aliphatic rings. The standard InChI is InChI=1S/C10H11BrO/c1-3-4-8-5-6-9(11)10(7-8)12-2/h3,5-7H,1,4H2,2H3. The van der Waals surface area contributed by atoms with Crippen LogP contribution in [-0.4, -0.2) is 7.11 Å². The Bertz CT molecular complexity index is 281. The van der Waals surface area contributed by atoms with E-state index in [1.807, 2.05) is 24.3 Å². The first kappa shape index (κ1) is 9.33. The molecule has 1 aromatic carbocycles. The SMILES string of the molecule is C=CCc1ccc(Br)c(OC)c1. The second kappa shape index (κ2) is 4.31. The van der Waals surface area contributed by atoms with Crippen LogP contribution < -0.4 is 4.74 Å². The molecule has 2 heteroatoms. The van der Waals surface area contributed by atoms with E-state index in [4.69, 9.17) is 4.74 Å². The molecule has 0 saturated carbocycles. The molecule has 0 unspecified atom stereocenters. The number of ether oxygens (including phenoxy) is 1. The zero-order valence-corrected chi connectivity index (χ0v) is 8.60. The second-order valence-corrected chi connectivity index (χ2v) is 3.32. The summed E-state index contributed by atoms with van der Waals surface area (Å²) in [5.41, 5.74) is 1.21. The maximum absolute atomic E-state index is 5.15. The van der Waals surface area contributed by atoms with Crippen molar-refractivity contribution in [1.82, 2.24) is 0 Å². The van der Waals surface area contributed by atoms with Crippen molar-refractivity contribution < 1.29 is 4.74 Å². The third-order valence-corrected chi connectivity index (χ3v) is 2.25. The molecule has 12 heavy (non-hydrogen) atoms. The molecule has 0 aromatic heterocycles. The summed E-state index contributed by atoms with van der Waals surface area (Å²) in [5, 5.41) is 0. The molecule has 0 atom stereocenters. The van der Waals surface area contributed by atoms with Crippen molar-refractivity contribution in [3.8, 4) is 5.75 Å². The predicted molar refractivity (Wildman–Crippen MR) is 54.6 cm³/mol. The predicted octanol–water partition coefficient (Wildman–Crippen LogP) is 3.19. The van der Waals surface area contributed by atoms with Crippen LogP contribution >= 0.6 is 15.9 Å². The van der Waals surface area contributed by atoms with Gasteiger partial charge in [-0.2, -0.15) is 0 Å². The largest absolute Gasteiger partial charge is 0.496 e. The summed E-state index contributed by atoms with van der Waals surface area (Å²) in [6, 6.07) is 6.04. The van der Waals surface area contributed by atoms with Gasteiger partial charge < -0.3 is 4.74 Å². The van der Waals surface area contributed by atoms with E-state index in [9.17, 15) is 0 Å². The fourth-order valence-corrected chi connectivity index (χ4v) is 1.41. The Morgan fingerprint density at radius 1 is 1.58 bits per heavy atom. The van der Waals surface area contributed by atoms with Crippen molar-refractivity contribution in [2.24, 2.45) is 0 Å². The van der Waals surface area contributed by atoms with Crippen molar-refractivity contribution in [2.75, 3.05) is 7.11 Å². The van der Waals surface area contributed by atoms with Gasteiger partial charge in [-0.05, 0) is 40.0 Å². The first-order valence-electron chi connectivity index (χ1n) is 3.71. The molecule has 1 aromatic rings. The van der Waals surface area contributed by atoms with Crippen LogP contribution in [0.2, 0.25) is 0 Å². The summed E-state index contributed by atoms with van der Waals surface area (Å²) >= 11 is 3.39. The topological polar surface area (TPSA) is 9.23 Å². The lowest BCUT2D eigenvalue weighted by molar-refractivity contribution is 0.411. The molecule has 0 aliphatic heterocycles. The first-order valence-corrected chi connectivity index (χ1v) is 4.50. The van der Waals surface area contributed by atoms with Crippen molar-refractivity contribution >= 4 is 15.9 Å². The summed E-state index contributed by atoms with van der Waals surface area (Å²) in [6.07, 6.45) is 2.76. The Morgan fingerprint density at radius 3 is 2.92 bits per heavy atom. The maximum atomic E-state index is 5.15. The summed E-state index contributed by atoms with van der Waals surface area (Å²) in [7, 11) is 1.66. The van der Waals surface area contributed by atoms with Gasteiger partial charge in [-0.1, -0.05) is 12.1 Å². The van der Waals surface area contributed by atoms with E-state index < -0.39 is 0 Å². The molecule has 0 amide bonds. The van der Waals surface area contributed by atoms with Crippen LogP contribution in [-0.2, 0) is 6.42 Å². The van der Waals surface area contributed by atoms with Gasteiger partial charge in [0.25, 0.3) is 0 Å². The van der Waals surface area contributed by atoms with Gasteiger partial charge in [0.15, 0.2) is 0 Å². The van der Waals surface area contributed by atoms with Crippen molar-refractivity contribution in [3.05, 3.63) is 40.9 Å². The van der Waals surface area contributed by atoms with Crippen LogP contribution in [0.25, 0.3) is 0 Å². The molecular formula is C10H11BrO. The van der Waals surface area contributed by atoms with Crippen LogP contribution in [0, 0.1) is 0 Å². The molecule has 0 aliphatic carbocycles. The summed E-state index contributed by atoms with van der Waals surface area (Å²) in [6.45, 7) is 3.68. The normalized spacial score (nSPS) is 9.50. The summed E-state index contributed by atoms with van der Waals surface area (Å²) in [4.78, 5) is 0. The van der Waals surface area contributed by atoms with Crippen LogP contribution in [0.4, 0.5) is 0 Å². The quantitative estimate of drug-likeness (QED) is 0.720. The van der Waals surface area contributed by atoms with Crippen LogP contribution in [0.5, 0.6) is 5.75 Å². The fourth-order valence-electron chi connectivity index (χ4n) is 0.998. The highest BCUT2D eigenvalue weighted by molar-refractivity contribution is 9.10. The van der Waals surface area contributed by atoms with Gasteiger partial charge in [0.1, 0.15) is 5.75 Å². The summed E-state index contributed by atoms with van der Waals surface area (Å²) in [5.74, 6) is 0.870. The molecule has 0 N–H and O–H groups in total. The minimum Gasteiger partial charge on any atom is -0.496 e. The van der Waals surface area contributed by atoms with Crippen LogP contribution in [0.15, 0.2) is 35.3 Å². The molecular weight excluding hydrogens is 216 g/mol. The number of benzene rings is 1. The number of methoxy groups -OCH3 is 1. The van der Waals surface area contributed by atoms with Crippen molar-refractivity contribution in [1.29, 1.82) is 0 Å². The number of hydrogen-bond acceptors (Lipinski definition) is 1. The highest BCUT2D eigenvalue weighted by Crippen LogP contribution is 2.25. The van der Waals surface area contributed by atoms with Crippen LogP contribution in [0.1, 0.15) is 5.56 Å². The molecule has 1 rings (SSSR count). The Kier molecular flexibility index (Phi) is 3.35. The van der Waals surface area contributed by atoms with Gasteiger partial charge in [0.2, 0.25) is 0 Å². The van der Waals surface area contributed by atoms with Crippen LogP contribution in [0.3, 0.4) is 0 Å². The van der Waals surface area contributed by atoms with E-state index in [0.717, 1.165) is 16.6 Å². The number of allylic oxidation sites excluding steroid dienone is 1. The average molecular weight is 227 g/mol. The molecule has 0 bridgehead atoms. The van der Waals surface area contributed by atoms with Gasteiger partial charge in [0.05, 0.1) is 11.6 Å². The van der Waals surface area contributed by atoms with Gasteiger partial charge >= 0.3 is 0 Å². The maximum Gasteiger partial charge on any atom is 0.133 e. The molecule has 64 valence electrons. The van der Waals surface area contributed by atoms with E-state index >= 15 is 0 Å². The Balaban J connectivity index is 2.96. The van der Waals surface area contributed by atoms with Crippen molar-refractivity contribution in [2.45, 2.75) is 6.42 Å². The highest BCUT2D eigenvalue weighted by atomic mass is 79.9. The number of hydrogen-bond donors (Lipinski definition) is 0. The third-order valence-electron chi connectivity index (χ3n) is 1.60. The van der Waals surface area contributed by atoms with Gasteiger partial charge in [-0.3, -0.25) is 0 Å². The molecule has 0 spiro atoms. The molecule has 0 saturated heterocycles. The number of rotatable bonds is 3. The van der Waals surface area contributed by atoms with E-state index in [1.54, 1.807) is 7.11 Å². The zero-order chi connectivity index (χ0) is 8.97. The smallest absolute Gasteiger partial charge is 0.133 e. The van der Waals surface area contributed by atoms with E-state index in [1.165, 1.54) is 5.56 Å². The lowest BCUT2D eigenvalue weighted by Crippen LogP contribution is -1.87. The summed E-state index contributed by atoms with van der Waals surface area (Å²) < 4.78 is 6.13. The van der Waals surface area contributed by atoms with E-state index in [-0.39, 0.29) is 0 Å². The van der Waals surface area contributed by atoms with Gasteiger partial charge in [-0.15, -0.1) is 6.58 Å². The highest BCUT2D eigenvalue weighted by Gasteiger charge is 1.99. The number of halogens is 1. The Hall–Kier alpha value is -0.760. The third kappa shape index (κ3) is 2.11. The zero-order valence-electron chi connectivity index (χ0n) is 7.01. The minimum atomic E-state index is 0.870. The Morgan fingerprint density at radius 2 is 2.33 bits per heavy atom. The lowest BCUT2D eigenvalue weighted by Gasteiger charge is -2.04. The monoisotopic (exact) mass is 226 g/mol. The second-order valence-electron chi connectivity index (χ2n) is 2.46. The molecule has 0 fully saturated rings. The fraction of sp³-hybridized carbons (Fsp3) is 0.200. The molecule has 0 radical (unpaired) electrons. The Labute approximate surface area is 81.2 Å². The van der Waals surface area contributed by atoms with Gasteiger partial charge in [-0.25, -0.2) is 0 Å². The lowest BCUT2D eigenvalue weighted by atomic mass is 10.1. The first-order chi connectivity index (χ1) is 5.77. The van der Waals surface area contributed by atoms with E-state index in [0.29, 0.717) is 0 Å². The average Bonchev–Trinajstić information content (AvgIpc) is 2.09. The molecule has 1 nitrogen and oxygen atoms in total. The van der Waals surface area contributed by atoms with E-state index in [2.05, 4.69) is 22.5 Å². The van der Waals surface area contributed by atoms with Crippen molar-refractivity contribution in [3.63, 3.8) is 0 Å².